The molecule has 0 aromatic heterocycles. The van der Waals surface area contributed by atoms with Crippen LogP contribution in [0.5, 0.6) is 0 Å². The molecule has 4 aliphatic carbocycles. The normalized spacial score (nSPS) is 21.9. The van der Waals surface area contributed by atoms with Gasteiger partial charge in [-0.2, -0.15) is 0 Å². The van der Waals surface area contributed by atoms with Gasteiger partial charge < -0.3 is 9.80 Å². The molecule has 0 saturated heterocycles. The number of hydrogen-bond donors (Lipinski definition) is 0. The van der Waals surface area contributed by atoms with Gasteiger partial charge in [-0.1, -0.05) is 121 Å². The molecule has 0 amide bonds. The lowest BCUT2D eigenvalue weighted by molar-refractivity contribution is 0.320. The van der Waals surface area contributed by atoms with Gasteiger partial charge in [0.1, 0.15) is 0 Å². The van der Waals surface area contributed by atoms with E-state index in [0.717, 1.165) is 25.7 Å². The fourth-order valence-electron chi connectivity index (χ4n) is 8.31. The topological polar surface area (TPSA) is 6.48 Å². The van der Waals surface area contributed by atoms with Crippen molar-refractivity contribution in [2.75, 3.05) is 4.90 Å². The first-order valence-corrected chi connectivity index (χ1v) is 18.4. The van der Waals surface area contributed by atoms with Gasteiger partial charge in [0.15, 0.2) is 0 Å². The highest BCUT2D eigenvalue weighted by Crippen LogP contribution is 2.49. The number of anilines is 3. The Morgan fingerprint density at radius 3 is 1.77 bits per heavy atom. The molecule has 3 aromatic carbocycles. The first-order chi connectivity index (χ1) is 23.4. The molecule has 0 spiro atoms. The summed E-state index contributed by atoms with van der Waals surface area (Å²) in [7, 11) is 0. The van der Waals surface area contributed by atoms with Crippen molar-refractivity contribution >= 4 is 17.1 Å². The smallest absolute Gasteiger partial charge is 0.0556 e. The van der Waals surface area contributed by atoms with Gasteiger partial charge >= 0.3 is 0 Å². The molecule has 0 heterocycles. The van der Waals surface area contributed by atoms with Gasteiger partial charge in [0.2, 0.25) is 0 Å². The maximum absolute atomic E-state index is 2.64. The molecule has 48 heavy (non-hydrogen) atoms. The molecule has 2 nitrogen and oxygen atoms in total. The summed E-state index contributed by atoms with van der Waals surface area (Å²) in [4.78, 5) is 5.04. The van der Waals surface area contributed by atoms with Crippen LogP contribution in [-0.4, -0.2) is 10.9 Å². The van der Waals surface area contributed by atoms with Crippen molar-refractivity contribution in [3.63, 3.8) is 0 Å². The summed E-state index contributed by atoms with van der Waals surface area (Å²) in [6.45, 7) is 8.84. The molecule has 246 valence electrons. The van der Waals surface area contributed by atoms with Gasteiger partial charge in [-0.3, -0.25) is 0 Å². The molecule has 3 aromatic rings. The van der Waals surface area contributed by atoms with E-state index in [0.29, 0.717) is 12.0 Å². The van der Waals surface area contributed by atoms with E-state index in [4.69, 9.17) is 0 Å². The van der Waals surface area contributed by atoms with Gasteiger partial charge in [0, 0.05) is 33.9 Å². The molecular weight excluding hydrogens is 581 g/mol. The summed E-state index contributed by atoms with van der Waals surface area (Å²) in [5.41, 5.74) is 13.6. The maximum atomic E-state index is 2.64. The third kappa shape index (κ3) is 6.68. The minimum Gasteiger partial charge on any atom is -0.338 e. The second-order valence-electron chi connectivity index (χ2n) is 14.7. The molecular formula is C46H52N2. The van der Waals surface area contributed by atoms with Crippen molar-refractivity contribution in [3.8, 4) is 0 Å². The van der Waals surface area contributed by atoms with Crippen LogP contribution >= 0.6 is 0 Å². The number of aryl methyl sites for hydroxylation is 2. The van der Waals surface area contributed by atoms with Crippen molar-refractivity contribution in [3.05, 3.63) is 161 Å². The number of nitrogens with zero attached hydrogens (tertiary/aromatic N) is 2. The van der Waals surface area contributed by atoms with Crippen LogP contribution in [0.2, 0.25) is 0 Å². The lowest BCUT2D eigenvalue weighted by Crippen LogP contribution is -2.36. The van der Waals surface area contributed by atoms with Crippen LogP contribution in [0.15, 0.2) is 144 Å². The molecule has 2 unspecified atom stereocenters. The van der Waals surface area contributed by atoms with E-state index < -0.39 is 0 Å². The number of rotatable bonds is 8. The van der Waals surface area contributed by atoms with Crippen LogP contribution in [0.3, 0.4) is 0 Å². The Kier molecular flexibility index (Phi) is 9.44. The standard InChI is InChI=1S/C46H52N2/c1-34-8-20-40(21-9-34)47(41-22-10-35(2)11-23-41)44-28-16-38(17-29-44)46(32-6-5-7-33-46)39-18-30-45(31-19-39)48(42-24-12-36(3)13-25-42)43-26-14-37(4)15-27-43/h8-14,16-18,20-24,26-30,37,42H,5-7,15,19,25,31-33H2,1-4H3. The minimum absolute atomic E-state index is 0.117. The molecule has 1 fully saturated rings. The average Bonchev–Trinajstić information content (AvgIpc) is 3.13. The van der Waals surface area contributed by atoms with Crippen molar-refractivity contribution in [1.82, 2.24) is 4.90 Å². The van der Waals surface area contributed by atoms with Gasteiger partial charge in [0.05, 0.1) is 6.04 Å². The zero-order valence-corrected chi connectivity index (χ0v) is 29.5. The van der Waals surface area contributed by atoms with Crippen LogP contribution in [-0.2, 0) is 5.41 Å². The second kappa shape index (κ2) is 14.0. The van der Waals surface area contributed by atoms with Crippen molar-refractivity contribution in [2.24, 2.45) is 5.92 Å². The minimum atomic E-state index is 0.117. The highest BCUT2D eigenvalue weighted by Gasteiger charge is 2.38. The first kappa shape index (κ1) is 32.3. The summed E-state index contributed by atoms with van der Waals surface area (Å²) in [5.74, 6) is 0.616. The molecule has 0 radical (unpaired) electrons. The molecule has 2 heteroatoms. The summed E-state index contributed by atoms with van der Waals surface area (Å²) in [6.07, 6.45) is 30.2. The Bertz CT molecular complexity index is 1720. The van der Waals surface area contributed by atoms with E-state index in [9.17, 15) is 0 Å². The van der Waals surface area contributed by atoms with Crippen LogP contribution in [0.4, 0.5) is 17.1 Å². The van der Waals surface area contributed by atoms with Crippen molar-refractivity contribution < 1.29 is 0 Å². The lowest BCUT2D eigenvalue weighted by atomic mass is 9.63. The monoisotopic (exact) mass is 632 g/mol. The Balaban J connectivity index is 1.22. The van der Waals surface area contributed by atoms with E-state index in [-0.39, 0.29) is 5.41 Å². The predicted molar refractivity (Wildman–Crippen MR) is 205 cm³/mol. The fraction of sp³-hybridized carbons (Fsp3) is 0.348. The Hall–Kier alpha value is -4.30. The van der Waals surface area contributed by atoms with E-state index in [1.165, 1.54) is 82.8 Å². The van der Waals surface area contributed by atoms with E-state index >= 15 is 0 Å². The molecule has 7 rings (SSSR count). The number of benzene rings is 3. The Morgan fingerprint density at radius 1 is 0.625 bits per heavy atom. The summed E-state index contributed by atoms with van der Waals surface area (Å²) >= 11 is 0. The number of hydrogen-bond acceptors (Lipinski definition) is 2. The highest BCUT2D eigenvalue weighted by atomic mass is 15.2. The van der Waals surface area contributed by atoms with Crippen molar-refractivity contribution in [2.45, 2.75) is 96.9 Å². The zero-order chi connectivity index (χ0) is 33.1. The summed E-state index contributed by atoms with van der Waals surface area (Å²) in [5, 5.41) is 0. The van der Waals surface area contributed by atoms with Crippen LogP contribution in [0, 0.1) is 19.8 Å². The molecule has 0 bridgehead atoms. The van der Waals surface area contributed by atoms with Crippen LogP contribution in [0.25, 0.3) is 0 Å². The Labute approximate surface area is 289 Å². The van der Waals surface area contributed by atoms with Gasteiger partial charge in [-0.05, 0) is 119 Å². The molecule has 4 aliphatic rings. The zero-order valence-electron chi connectivity index (χ0n) is 29.5. The van der Waals surface area contributed by atoms with E-state index in [2.05, 4.69) is 159 Å². The van der Waals surface area contributed by atoms with E-state index in [1.807, 2.05) is 0 Å². The summed E-state index contributed by atoms with van der Waals surface area (Å²) < 4.78 is 0. The average molecular weight is 633 g/mol. The predicted octanol–water partition coefficient (Wildman–Crippen LogP) is 12.6. The fourth-order valence-corrected chi connectivity index (χ4v) is 8.31. The lowest BCUT2D eigenvalue weighted by Gasteiger charge is -2.43. The second-order valence-corrected chi connectivity index (χ2v) is 14.7. The third-order valence-electron chi connectivity index (χ3n) is 11.2. The van der Waals surface area contributed by atoms with Crippen molar-refractivity contribution in [1.29, 1.82) is 0 Å². The third-order valence-corrected chi connectivity index (χ3v) is 11.2. The maximum Gasteiger partial charge on any atom is 0.0556 e. The molecule has 0 aliphatic heterocycles. The van der Waals surface area contributed by atoms with Gasteiger partial charge in [0.25, 0.3) is 0 Å². The van der Waals surface area contributed by atoms with Crippen LogP contribution < -0.4 is 4.90 Å². The molecule has 0 N–H and O–H groups in total. The summed E-state index contributed by atoms with van der Waals surface area (Å²) in [6, 6.07) is 27.8. The quantitative estimate of drug-likeness (QED) is 0.244. The SMILES string of the molecule is CC1=CCC(N(C2=CCC(C)C=C2)C2=CC=C(C3(c4ccc(N(c5ccc(C)cc5)c5ccc(C)cc5)cc4)CCCCC3)CC2)C=C1. The van der Waals surface area contributed by atoms with Gasteiger partial charge in [-0.25, -0.2) is 0 Å². The van der Waals surface area contributed by atoms with Crippen LogP contribution in [0.1, 0.15) is 88.3 Å². The Morgan fingerprint density at radius 2 is 1.25 bits per heavy atom. The highest BCUT2D eigenvalue weighted by molar-refractivity contribution is 5.77. The van der Waals surface area contributed by atoms with E-state index in [1.54, 1.807) is 5.57 Å². The van der Waals surface area contributed by atoms with Gasteiger partial charge in [-0.15, -0.1) is 0 Å². The molecule has 2 atom stereocenters. The number of allylic oxidation sites excluding steroid dienone is 9. The largest absolute Gasteiger partial charge is 0.338 e. The first-order valence-electron chi connectivity index (χ1n) is 18.4. The molecule has 1 saturated carbocycles.